The van der Waals surface area contributed by atoms with Gasteiger partial charge in [0, 0.05) is 52.0 Å². The van der Waals surface area contributed by atoms with E-state index in [0.717, 1.165) is 37.9 Å². The van der Waals surface area contributed by atoms with Gasteiger partial charge in [0.15, 0.2) is 0 Å². The topological polar surface area (TPSA) is 30.7 Å². The second kappa shape index (κ2) is 9.46. The number of thiophene rings is 2. The fraction of sp³-hybridized carbons (Fsp3) is 0. The second-order valence-corrected chi connectivity index (χ2v) is 14.2. The van der Waals surface area contributed by atoms with Crippen LogP contribution in [0.25, 0.3) is 101 Å². The first-order chi connectivity index (χ1) is 23.3. The van der Waals surface area contributed by atoms with E-state index in [1.165, 1.54) is 57.2 Å². The summed E-state index contributed by atoms with van der Waals surface area (Å²) in [4.78, 5) is 11.1. The Morgan fingerprint density at radius 3 is 1.94 bits per heavy atom. The zero-order chi connectivity index (χ0) is 30.6. The van der Waals surface area contributed by atoms with E-state index >= 15 is 0 Å². The molecule has 0 spiro atoms. The largest absolute Gasteiger partial charge is 0.277 e. The van der Waals surface area contributed by atoms with Gasteiger partial charge in [-0.3, -0.25) is 4.57 Å². The van der Waals surface area contributed by atoms with Crippen LogP contribution in [0.1, 0.15) is 0 Å². The summed E-state index contributed by atoms with van der Waals surface area (Å²) < 4.78 is 7.21. The summed E-state index contributed by atoms with van der Waals surface area (Å²) >= 11 is 3.63. The van der Waals surface area contributed by atoms with Crippen LogP contribution in [0.4, 0.5) is 0 Å². The summed E-state index contributed by atoms with van der Waals surface area (Å²) in [5.41, 5.74) is 5.39. The lowest BCUT2D eigenvalue weighted by Crippen LogP contribution is -2.03. The molecule has 7 aromatic carbocycles. The van der Waals surface area contributed by atoms with E-state index in [9.17, 15) is 0 Å². The quantitative estimate of drug-likeness (QED) is 0.190. The Labute approximate surface area is 276 Å². The molecule has 4 heterocycles. The maximum atomic E-state index is 5.59. The average molecular weight is 634 g/mol. The van der Waals surface area contributed by atoms with Gasteiger partial charge in [0.05, 0.1) is 26.9 Å². The Morgan fingerprint density at radius 2 is 1.09 bits per heavy atom. The Bertz CT molecular complexity index is 3090. The summed E-state index contributed by atoms with van der Waals surface area (Å²) in [7, 11) is 0. The molecule has 4 aromatic heterocycles. The molecule has 0 aliphatic carbocycles. The van der Waals surface area contributed by atoms with Crippen LogP contribution < -0.4 is 0 Å². The van der Waals surface area contributed by atoms with Gasteiger partial charge >= 0.3 is 0 Å². The molecule has 0 aliphatic heterocycles. The van der Waals surface area contributed by atoms with E-state index < -0.39 is 0 Å². The van der Waals surface area contributed by atoms with Crippen molar-refractivity contribution in [1.29, 1.82) is 0 Å². The van der Waals surface area contributed by atoms with Gasteiger partial charge in [-0.2, -0.15) is 0 Å². The molecule has 0 bridgehead atoms. The molecular weight excluding hydrogens is 611 g/mol. The van der Waals surface area contributed by atoms with E-state index in [0.29, 0.717) is 5.95 Å². The van der Waals surface area contributed by atoms with Gasteiger partial charge in [-0.05, 0) is 34.4 Å². The molecule has 0 saturated carbocycles. The van der Waals surface area contributed by atoms with Gasteiger partial charge in [-0.15, -0.1) is 22.7 Å². The normalized spacial score (nSPS) is 12.3. The van der Waals surface area contributed by atoms with Gasteiger partial charge in [0.1, 0.15) is 0 Å². The molecule has 0 N–H and O–H groups in total. The molecule has 11 aromatic rings. The fourth-order valence-corrected chi connectivity index (χ4v) is 9.91. The smallest absolute Gasteiger partial charge is 0.235 e. The molecule has 0 atom stereocenters. The van der Waals surface area contributed by atoms with Gasteiger partial charge in [-0.1, -0.05) is 121 Å². The van der Waals surface area contributed by atoms with Crippen molar-refractivity contribution in [2.75, 3.05) is 0 Å². The van der Waals surface area contributed by atoms with Crippen molar-refractivity contribution in [3.8, 4) is 17.2 Å². The summed E-state index contributed by atoms with van der Waals surface area (Å²) in [6, 6.07) is 50.3. The van der Waals surface area contributed by atoms with E-state index in [4.69, 9.17) is 9.97 Å². The minimum Gasteiger partial charge on any atom is -0.277 e. The van der Waals surface area contributed by atoms with Crippen molar-refractivity contribution in [2.24, 2.45) is 0 Å². The Balaban J connectivity index is 1.34. The van der Waals surface area contributed by atoms with Crippen LogP contribution in [0.3, 0.4) is 0 Å². The van der Waals surface area contributed by atoms with Gasteiger partial charge < -0.3 is 0 Å². The maximum absolute atomic E-state index is 5.59. The van der Waals surface area contributed by atoms with E-state index in [1.54, 1.807) is 11.3 Å². The Morgan fingerprint density at radius 1 is 0.447 bits per heavy atom. The monoisotopic (exact) mass is 633 g/mol. The van der Waals surface area contributed by atoms with Crippen molar-refractivity contribution in [2.45, 2.75) is 0 Å². The molecule has 3 nitrogen and oxygen atoms in total. The molecule has 218 valence electrons. The van der Waals surface area contributed by atoms with Crippen LogP contribution in [0.2, 0.25) is 0 Å². The summed E-state index contributed by atoms with van der Waals surface area (Å²) in [5.74, 6) is 0.695. The van der Waals surface area contributed by atoms with Crippen molar-refractivity contribution in [1.82, 2.24) is 14.5 Å². The van der Waals surface area contributed by atoms with Crippen LogP contribution >= 0.6 is 22.7 Å². The first kappa shape index (κ1) is 25.6. The maximum Gasteiger partial charge on any atom is 0.235 e. The van der Waals surface area contributed by atoms with Gasteiger partial charge in [0.2, 0.25) is 5.95 Å². The number of hydrogen-bond donors (Lipinski definition) is 0. The minimum atomic E-state index is 0.695. The molecule has 47 heavy (non-hydrogen) atoms. The second-order valence-electron chi connectivity index (χ2n) is 12.1. The first-order valence-corrected chi connectivity index (χ1v) is 17.4. The number of aromatic nitrogens is 3. The molecule has 0 unspecified atom stereocenters. The minimum absolute atomic E-state index is 0.695. The lowest BCUT2D eigenvalue weighted by Gasteiger charge is -2.12. The molecule has 0 amide bonds. The predicted molar refractivity (Wildman–Crippen MR) is 203 cm³/mol. The number of fused-ring (bicyclic) bond motifs is 13. The zero-order valence-corrected chi connectivity index (χ0v) is 26.6. The number of nitrogens with zero attached hydrogens (tertiary/aromatic N) is 3. The highest BCUT2D eigenvalue weighted by atomic mass is 32.1. The highest BCUT2D eigenvalue weighted by Gasteiger charge is 2.23. The van der Waals surface area contributed by atoms with Crippen molar-refractivity contribution < 1.29 is 0 Å². The lowest BCUT2D eigenvalue weighted by atomic mass is 10.0. The molecule has 0 fully saturated rings. The van der Waals surface area contributed by atoms with Crippen molar-refractivity contribution in [3.05, 3.63) is 140 Å². The molecule has 0 saturated heterocycles. The van der Waals surface area contributed by atoms with E-state index in [2.05, 4.69) is 144 Å². The fourth-order valence-electron chi connectivity index (χ4n) is 7.55. The van der Waals surface area contributed by atoms with Gasteiger partial charge in [-0.25, -0.2) is 9.97 Å². The lowest BCUT2D eigenvalue weighted by molar-refractivity contribution is 1.02. The van der Waals surface area contributed by atoms with Crippen LogP contribution in [0, 0.1) is 0 Å². The highest BCUT2D eigenvalue weighted by Crippen LogP contribution is 2.45. The third kappa shape index (κ3) is 3.50. The number of hydrogen-bond acceptors (Lipinski definition) is 4. The molecule has 0 aliphatic rings. The highest BCUT2D eigenvalue weighted by molar-refractivity contribution is 7.27. The summed E-state index contributed by atoms with van der Waals surface area (Å²) in [6.07, 6.45) is 0. The number of rotatable bonds is 2. The zero-order valence-electron chi connectivity index (χ0n) is 24.9. The van der Waals surface area contributed by atoms with Crippen LogP contribution in [0.5, 0.6) is 0 Å². The Hall–Kier alpha value is -5.62. The predicted octanol–water partition coefficient (Wildman–Crippen LogP) is 12.3. The molecule has 0 radical (unpaired) electrons. The molecule has 11 rings (SSSR count). The standard InChI is InChI=1S/C42H23N3S2/c1-3-12-26-24(10-1)21-23-33-36(26)31-22-20-25-11-2-4-13-27(25)39(31)45(33)42-43-37-30-15-6-8-19-35(30)47-41(37)38(44-42)32-17-9-16-29-28-14-5-7-18-34(28)46-40(29)32/h1-23H. The molecule has 5 heteroatoms. The third-order valence-electron chi connectivity index (χ3n) is 9.61. The summed E-state index contributed by atoms with van der Waals surface area (Å²) in [6.45, 7) is 0. The average Bonchev–Trinajstić information content (AvgIpc) is 3.81. The van der Waals surface area contributed by atoms with Gasteiger partial charge in [0.25, 0.3) is 0 Å². The summed E-state index contributed by atoms with van der Waals surface area (Å²) in [5, 5.41) is 11.0. The van der Waals surface area contributed by atoms with E-state index in [-0.39, 0.29) is 0 Å². The SMILES string of the molecule is c1ccc2c(c1)ccc1c2c2ccc3ccccc3c2n1-c1nc(-c2cccc3c2sc2ccccc23)c2sc3ccccc3c2n1. The van der Waals surface area contributed by atoms with Crippen LogP contribution in [0.15, 0.2) is 140 Å². The van der Waals surface area contributed by atoms with Crippen molar-refractivity contribution >= 4 is 106 Å². The number of benzene rings is 7. The van der Waals surface area contributed by atoms with Crippen LogP contribution in [-0.2, 0) is 0 Å². The van der Waals surface area contributed by atoms with E-state index in [1.807, 2.05) is 11.3 Å². The molecular formula is C42H23N3S2. The third-order valence-corrected chi connectivity index (χ3v) is 12.0. The van der Waals surface area contributed by atoms with Crippen molar-refractivity contribution in [3.63, 3.8) is 0 Å². The van der Waals surface area contributed by atoms with Crippen LogP contribution in [-0.4, -0.2) is 14.5 Å². The Kier molecular flexibility index (Phi) is 5.14. The first-order valence-electron chi connectivity index (χ1n) is 15.8.